The fourth-order valence-electron chi connectivity index (χ4n) is 3.63. The van der Waals surface area contributed by atoms with Gasteiger partial charge in [-0.15, -0.1) is 0 Å². The zero-order valence-electron chi connectivity index (χ0n) is 14.3. The lowest BCUT2D eigenvalue weighted by atomic mass is 9.87. The van der Waals surface area contributed by atoms with Crippen LogP contribution < -0.4 is 0 Å². The van der Waals surface area contributed by atoms with Crippen LogP contribution >= 0.6 is 0 Å². The second kappa shape index (κ2) is 7.15. The smallest absolute Gasteiger partial charge is 0.0441 e. The number of hydrogen-bond donors (Lipinski definition) is 0. The molecule has 1 nitrogen and oxygen atoms in total. The molecule has 0 amide bonds. The van der Waals surface area contributed by atoms with Crippen LogP contribution in [0.2, 0.25) is 0 Å². The molecule has 0 unspecified atom stereocenters. The Morgan fingerprint density at radius 2 is 1.95 bits per heavy atom. The maximum atomic E-state index is 4.14. The van der Waals surface area contributed by atoms with E-state index in [1.165, 1.54) is 66.6 Å². The minimum atomic E-state index is 0.938. The maximum absolute atomic E-state index is 4.14. The second-order valence-electron chi connectivity index (χ2n) is 6.73. The summed E-state index contributed by atoms with van der Waals surface area (Å²) in [7, 11) is 0. The van der Waals surface area contributed by atoms with Crippen LogP contribution in [0.15, 0.2) is 18.7 Å². The molecule has 0 saturated heterocycles. The summed E-state index contributed by atoms with van der Waals surface area (Å²) < 4.78 is 2.52. The van der Waals surface area contributed by atoms with Crippen LogP contribution in [-0.4, -0.2) is 4.57 Å². The molecular weight excluding hydrogens is 254 g/mol. The largest absolute Gasteiger partial charge is 0.345 e. The van der Waals surface area contributed by atoms with E-state index in [1.807, 2.05) is 0 Å². The third-order valence-electron chi connectivity index (χ3n) is 5.15. The number of hydrogen-bond acceptors (Lipinski definition) is 0. The van der Waals surface area contributed by atoms with E-state index in [9.17, 15) is 0 Å². The summed E-state index contributed by atoms with van der Waals surface area (Å²) in [6.07, 6.45) is 10.7. The first-order valence-corrected chi connectivity index (χ1v) is 8.54. The maximum Gasteiger partial charge on any atom is 0.0441 e. The molecule has 116 valence electrons. The van der Waals surface area contributed by atoms with Crippen LogP contribution in [0.3, 0.4) is 0 Å². The van der Waals surface area contributed by atoms with E-state index in [4.69, 9.17) is 0 Å². The molecule has 1 saturated carbocycles. The lowest BCUT2D eigenvalue weighted by Gasteiger charge is -2.23. The van der Waals surface area contributed by atoms with Crippen LogP contribution in [0.1, 0.15) is 76.2 Å². The molecule has 0 atom stereocenters. The summed E-state index contributed by atoms with van der Waals surface area (Å²) in [5.41, 5.74) is 6.64. The molecule has 0 aliphatic heterocycles. The Hall–Kier alpha value is -1.24. The SMILES string of the molecule is C=C(C)c1cc(/C(C)=C/C)n(CCC2CCCCC2)c1C. The van der Waals surface area contributed by atoms with E-state index in [0.29, 0.717) is 0 Å². The molecule has 21 heavy (non-hydrogen) atoms. The lowest BCUT2D eigenvalue weighted by Crippen LogP contribution is -2.12. The van der Waals surface area contributed by atoms with Gasteiger partial charge in [0.15, 0.2) is 0 Å². The molecule has 0 N–H and O–H groups in total. The second-order valence-corrected chi connectivity index (χ2v) is 6.73. The molecule has 2 rings (SSSR count). The van der Waals surface area contributed by atoms with E-state index >= 15 is 0 Å². The quantitative estimate of drug-likeness (QED) is 0.605. The fraction of sp³-hybridized carbons (Fsp3) is 0.600. The van der Waals surface area contributed by atoms with Crippen molar-refractivity contribution in [1.29, 1.82) is 0 Å². The van der Waals surface area contributed by atoms with Crippen LogP contribution in [-0.2, 0) is 6.54 Å². The van der Waals surface area contributed by atoms with E-state index < -0.39 is 0 Å². The van der Waals surface area contributed by atoms with Gasteiger partial charge in [0.05, 0.1) is 0 Å². The van der Waals surface area contributed by atoms with Crippen molar-refractivity contribution in [2.75, 3.05) is 0 Å². The molecule has 0 bridgehead atoms. The molecule has 1 aliphatic rings. The molecular formula is C20H31N. The number of allylic oxidation sites excluding steroid dienone is 3. The Morgan fingerprint density at radius 3 is 2.52 bits per heavy atom. The number of rotatable bonds is 5. The van der Waals surface area contributed by atoms with Crippen LogP contribution in [0, 0.1) is 12.8 Å². The van der Waals surface area contributed by atoms with Gasteiger partial charge >= 0.3 is 0 Å². The van der Waals surface area contributed by atoms with Crippen molar-refractivity contribution in [1.82, 2.24) is 4.57 Å². The van der Waals surface area contributed by atoms with Crippen LogP contribution in [0.5, 0.6) is 0 Å². The number of nitrogens with zero attached hydrogens (tertiary/aromatic N) is 1. The summed E-state index contributed by atoms with van der Waals surface area (Å²) in [5, 5.41) is 0. The van der Waals surface area contributed by atoms with Crippen LogP contribution in [0.25, 0.3) is 11.1 Å². The molecule has 0 aromatic carbocycles. The Morgan fingerprint density at radius 1 is 1.29 bits per heavy atom. The van der Waals surface area contributed by atoms with Crippen molar-refractivity contribution in [3.63, 3.8) is 0 Å². The highest BCUT2D eigenvalue weighted by Crippen LogP contribution is 2.30. The highest BCUT2D eigenvalue weighted by atomic mass is 15.0. The third-order valence-corrected chi connectivity index (χ3v) is 5.15. The Balaban J connectivity index is 2.21. The summed E-state index contributed by atoms with van der Waals surface area (Å²) in [6, 6.07) is 2.33. The minimum Gasteiger partial charge on any atom is -0.345 e. The van der Waals surface area contributed by atoms with Gasteiger partial charge in [-0.3, -0.25) is 0 Å². The topological polar surface area (TPSA) is 4.93 Å². The average molecular weight is 285 g/mol. The van der Waals surface area contributed by atoms with Gasteiger partial charge in [0.1, 0.15) is 0 Å². The van der Waals surface area contributed by atoms with Crippen molar-refractivity contribution < 1.29 is 0 Å². The number of aromatic nitrogens is 1. The molecule has 1 heteroatoms. The van der Waals surface area contributed by atoms with Gasteiger partial charge in [0.2, 0.25) is 0 Å². The average Bonchev–Trinajstić information content (AvgIpc) is 2.82. The van der Waals surface area contributed by atoms with E-state index in [2.05, 4.69) is 51.0 Å². The lowest BCUT2D eigenvalue weighted by molar-refractivity contribution is 0.323. The van der Waals surface area contributed by atoms with E-state index in [-0.39, 0.29) is 0 Å². The summed E-state index contributed by atoms with van der Waals surface area (Å²) in [4.78, 5) is 0. The van der Waals surface area contributed by atoms with Gasteiger partial charge in [-0.05, 0) is 62.8 Å². The van der Waals surface area contributed by atoms with Crippen molar-refractivity contribution in [2.45, 2.75) is 72.8 Å². The zero-order valence-corrected chi connectivity index (χ0v) is 14.3. The monoisotopic (exact) mass is 285 g/mol. The van der Waals surface area contributed by atoms with Gasteiger partial charge in [0.25, 0.3) is 0 Å². The Kier molecular flexibility index (Phi) is 5.50. The molecule has 1 heterocycles. The van der Waals surface area contributed by atoms with Crippen molar-refractivity contribution in [2.24, 2.45) is 5.92 Å². The van der Waals surface area contributed by atoms with Crippen molar-refractivity contribution >= 4 is 11.1 Å². The molecule has 0 radical (unpaired) electrons. The summed E-state index contributed by atoms with van der Waals surface area (Å²) >= 11 is 0. The molecule has 1 fully saturated rings. The van der Waals surface area contributed by atoms with Crippen molar-refractivity contribution in [3.8, 4) is 0 Å². The molecule has 1 aromatic heterocycles. The first-order chi connectivity index (χ1) is 10.0. The third kappa shape index (κ3) is 3.70. The summed E-state index contributed by atoms with van der Waals surface area (Å²) in [6.45, 7) is 14.0. The van der Waals surface area contributed by atoms with Gasteiger partial charge in [0, 0.05) is 17.9 Å². The van der Waals surface area contributed by atoms with Gasteiger partial charge < -0.3 is 4.57 Å². The van der Waals surface area contributed by atoms with Crippen LogP contribution in [0.4, 0.5) is 0 Å². The molecule has 1 aromatic rings. The van der Waals surface area contributed by atoms with Gasteiger partial charge in [-0.2, -0.15) is 0 Å². The first kappa shape index (κ1) is 16.1. The minimum absolute atomic E-state index is 0.938. The summed E-state index contributed by atoms with van der Waals surface area (Å²) in [5.74, 6) is 0.938. The predicted octanol–water partition coefficient (Wildman–Crippen LogP) is 6.22. The zero-order chi connectivity index (χ0) is 15.4. The highest BCUT2D eigenvalue weighted by Gasteiger charge is 2.17. The fourth-order valence-corrected chi connectivity index (χ4v) is 3.63. The highest BCUT2D eigenvalue weighted by molar-refractivity contribution is 5.71. The predicted molar refractivity (Wildman–Crippen MR) is 94.4 cm³/mol. The van der Waals surface area contributed by atoms with Gasteiger partial charge in [-0.1, -0.05) is 44.8 Å². The van der Waals surface area contributed by atoms with Gasteiger partial charge in [-0.25, -0.2) is 0 Å². The first-order valence-electron chi connectivity index (χ1n) is 8.54. The van der Waals surface area contributed by atoms with Crippen molar-refractivity contribution in [3.05, 3.63) is 35.7 Å². The molecule has 0 spiro atoms. The Bertz CT molecular complexity index is 524. The standard InChI is InChI=1S/C20H31N/c1-6-16(4)20-14-19(15(2)3)17(5)21(20)13-12-18-10-8-7-9-11-18/h6,14,18H,2,7-13H2,1,3-5H3/b16-6+. The Labute approximate surface area is 130 Å². The molecule has 1 aliphatic carbocycles. The normalized spacial score (nSPS) is 17.2. The van der Waals surface area contributed by atoms with E-state index in [0.717, 1.165) is 12.5 Å². The van der Waals surface area contributed by atoms with E-state index in [1.54, 1.807) is 0 Å².